The number of thiazole rings is 1. The number of hydrogen-bond acceptors (Lipinski definition) is 5. The molecule has 1 fully saturated rings. The lowest BCUT2D eigenvalue weighted by molar-refractivity contribution is 0.102. The van der Waals surface area contributed by atoms with E-state index in [0.717, 1.165) is 34.3 Å². The van der Waals surface area contributed by atoms with Crippen molar-refractivity contribution < 1.29 is 13.2 Å². The van der Waals surface area contributed by atoms with Crippen molar-refractivity contribution in [3.05, 3.63) is 46.6 Å². The van der Waals surface area contributed by atoms with Gasteiger partial charge in [-0.25, -0.2) is 13.4 Å². The van der Waals surface area contributed by atoms with Crippen LogP contribution in [0.2, 0.25) is 0 Å². The first-order valence-corrected chi connectivity index (χ1v) is 11.2. The van der Waals surface area contributed by atoms with Gasteiger partial charge in [-0.3, -0.25) is 10.1 Å². The lowest BCUT2D eigenvalue weighted by atomic mass is 10.2. The van der Waals surface area contributed by atoms with E-state index in [-0.39, 0.29) is 11.2 Å². The fourth-order valence-electron chi connectivity index (χ4n) is 3.44. The van der Waals surface area contributed by atoms with Crippen LogP contribution in [0.1, 0.15) is 33.8 Å². The number of carbonyl (C=O) groups excluding carboxylic acids is 1. The lowest BCUT2D eigenvalue weighted by Gasteiger charge is -2.25. The number of amides is 1. The summed E-state index contributed by atoms with van der Waals surface area (Å²) in [6, 6.07) is 7.62. The first-order valence-electron chi connectivity index (χ1n) is 8.87. The third-order valence-corrected chi connectivity index (χ3v) is 8.40. The second-order valence-corrected chi connectivity index (χ2v) is 10.2. The number of aromatic amines is 1. The Bertz CT molecular complexity index is 1140. The van der Waals surface area contributed by atoms with E-state index in [4.69, 9.17) is 0 Å². The standard InChI is InChI=1S/C18H18N4O3S2/c23-17(13-9-19-14-4-2-1-3-12(13)14)21-18-20-15-7-8-22(10-16(15)26-18)27(24,25)11-5-6-11/h1-4,9,11,19H,5-8,10H2,(H,20,21,23). The molecule has 1 amide bonds. The quantitative estimate of drug-likeness (QED) is 0.701. The Balaban J connectivity index is 1.36. The van der Waals surface area contributed by atoms with Gasteiger partial charge in [-0.2, -0.15) is 4.31 Å². The maximum absolute atomic E-state index is 12.7. The van der Waals surface area contributed by atoms with Crippen LogP contribution in [0.4, 0.5) is 5.13 Å². The maximum atomic E-state index is 12.7. The van der Waals surface area contributed by atoms with E-state index in [9.17, 15) is 13.2 Å². The van der Waals surface area contributed by atoms with Crippen LogP contribution < -0.4 is 5.32 Å². The number of carbonyl (C=O) groups is 1. The Morgan fingerprint density at radius 1 is 1.30 bits per heavy atom. The van der Waals surface area contributed by atoms with Crippen LogP contribution in [-0.4, -0.2) is 40.4 Å². The van der Waals surface area contributed by atoms with E-state index in [1.54, 1.807) is 10.5 Å². The average Bonchev–Trinajstić information content (AvgIpc) is 3.32. The molecular formula is C18H18N4O3S2. The highest BCUT2D eigenvalue weighted by Gasteiger charge is 2.41. The number of rotatable bonds is 4. The average molecular weight is 403 g/mol. The molecule has 0 bridgehead atoms. The molecule has 27 heavy (non-hydrogen) atoms. The van der Waals surface area contributed by atoms with Crippen LogP contribution in [0.15, 0.2) is 30.5 Å². The van der Waals surface area contributed by atoms with Crippen LogP contribution in [0.25, 0.3) is 10.9 Å². The summed E-state index contributed by atoms with van der Waals surface area (Å²) in [6.45, 7) is 0.820. The number of H-pyrrole nitrogens is 1. The highest BCUT2D eigenvalue weighted by atomic mass is 32.2. The number of fused-ring (bicyclic) bond motifs is 2. The van der Waals surface area contributed by atoms with Gasteiger partial charge in [0.15, 0.2) is 5.13 Å². The molecule has 3 aromatic rings. The van der Waals surface area contributed by atoms with Crippen molar-refractivity contribution in [3.63, 3.8) is 0 Å². The van der Waals surface area contributed by atoms with Crippen molar-refractivity contribution in [2.45, 2.75) is 31.1 Å². The molecule has 0 spiro atoms. The van der Waals surface area contributed by atoms with Crippen LogP contribution >= 0.6 is 11.3 Å². The Labute approximate surface area is 160 Å². The van der Waals surface area contributed by atoms with Gasteiger partial charge in [0.2, 0.25) is 10.0 Å². The van der Waals surface area contributed by atoms with E-state index in [1.165, 1.54) is 11.3 Å². The Morgan fingerprint density at radius 2 is 2.11 bits per heavy atom. The Hall–Kier alpha value is -2.23. The van der Waals surface area contributed by atoms with E-state index < -0.39 is 10.0 Å². The topological polar surface area (TPSA) is 95.2 Å². The van der Waals surface area contributed by atoms with Crippen molar-refractivity contribution in [1.29, 1.82) is 0 Å². The van der Waals surface area contributed by atoms with Crippen molar-refractivity contribution in [1.82, 2.24) is 14.3 Å². The number of hydrogen-bond donors (Lipinski definition) is 2. The fourth-order valence-corrected chi connectivity index (χ4v) is 6.35. The number of anilines is 1. The molecule has 0 atom stereocenters. The summed E-state index contributed by atoms with van der Waals surface area (Å²) in [5.41, 5.74) is 2.36. The second kappa shape index (κ2) is 6.15. The molecule has 140 valence electrons. The van der Waals surface area contributed by atoms with Gasteiger partial charge in [0, 0.05) is 41.5 Å². The van der Waals surface area contributed by atoms with Gasteiger partial charge in [0.1, 0.15) is 0 Å². The molecule has 2 aromatic heterocycles. The predicted octanol–water partition coefficient (Wildman–Crippen LogP) is 2.73. The van der Waals surface area contributed by atoms with Crippen molar-refractivity contribution >= 4 is 43.3 Å². The van der Waals surface area contributed by atoms with Crippen molar-refractivity contribution in [2.75, 3.05) is 11.9 Å². The number of aromatic nitrogens is 2. The zero-order valence-corrected chi connectivity index (χ0v) is 16.1. The molecular weight excluding hydrogens is 384 g/mol. The number of nitrogens with one attached hydrogen (secondary N) is 2. The van der Waals surface area contributed by atoms with E-state index in [1.807, 2.05) is 24.3 Å². The molecule has 0 radical (unpaired) electrons. The van der Waals surface area contributed by atoms with E-state index in [0.29, 0.717) is 30.2 Å². The fraction of sp³-hybridized carbons (Fsp3) is 0.333. The molecule has 5 rings (SSSR count). The zero-order chi connectivity index (χ0) is 18.6. The van der Waals surface area contributed by atoms with Gasteiger partial charge in [-0.1, -0.05) is 18.2 Å². The van der Waals surface area contributed by atoms with Crippen molar-refractivity contribution in [3.8, 4) is 0 Å². The smallest absolute Gasteiger partial charge is 0.259 e. The summed E-state index contributed by atoms with van der Waals surface area (Å²) < 4.78 is 26.5. The summed E-state index contributed by atoms with van der Waals surface area (Å²) >= 11 is 1.36. The molecule has 1 aliphatic carbocycles. The van der Waals surface area contributed by atoms with E-state index in [2.05, 4.69) is 15.3 Å². The zero-order valence-electron chi connectivity index (χ0n) is 14.4. The van der Waals surface area contributed by atoms with Gasteiger partial charge in [0.25, 0.3) is 5.91 Å². The first-order chi connectivity index (χ1) is 13.0. The summed E-state index contributed by atoms with van der Waals surface area (Å²) in [6.07, 6.45) is 3.80. The van der Waals surface area contributed by atoms with Gasteiger partial charge >= 0.3 is 0 Å². The summed E-state index contributed by atoms with van der Waals surface area (Å²) in [5.74, 6) is -0.221. The number of sulfonamides is 1. The third kappa shape index (κ3) is 2.95. The monoisotopic (exact) mass is 402 g/mol. The second-order valence-electron chi connectivity index (χ2n) is 6.92. The van der Waals surface area contributed by atoms with Gasteiger partial charge in [-0.15, -0.1) is 11.3 Å². The van der Waals surface area contributed by atoms with Crippen LogP contribution in [0.5, 0.6) is 0 Å². The van der Waals surface area contributed by atoms with Crippen LogP contribution in [0.3, 0.4) is 0 Å². The summed E-state index contributed by atoms with van der Waals surface area (Å²) in [4.78, 5) is 21.2. The minimum absolute atomic E-state index is 0.201. The van der Waals surface area contributed by atoms with E-state index >= 15 is 0 Å². The number of benzene rings is 1. The predicted molar refractivity (Wildman–Crippen MR) is 104 cm³/mol. The van der Waals surface area contributed by atoms with Gasteiger partial charge in [-0.05, 0) is 18.9 Å². The van der Waals surface area contributed by atoms with Gasteiger partial charge in [0.05, 0.1) is 16.5 Å². The molecule has 1 aliphatic heterocycles. The highest BCUT2D eigenvalue weighted by Crippen LogP contribution is 2.35. The molecule has 0 unspecified atom stereocenters. The maximum Gasteiger partial charge on any atom is 0.259 e. The Morgan fingerprint density at radius 3 is 2.93 bits per heavy atom. The molecule has 3 heterocycles. The molecule has 0 saturated heterocycles. The van der Waals surface area contributed by atoms with Crippen molar-refractivity contribution in [2.24, 2.45) is 0 Å². The molecule has 1 aromatic carbocycles. The lowest BCUT2D eigenvalue weighted by Crippen LogP contribution is -2.37. The molecule has 2 aliphatic rings. The third-order valence-electron chi connectivity index (χ3n) is 5.06. The summed E-state index contributed by atoms with van der Waals surface area (Å²) in [7, 11) is -3.18. The normalized spacial score (nSPS) is 17.8. The SMILES string of the molecule is O=C(Nc1nc2c(s1)CN(S(=O)(=O)C1CC1)CC2)c1c[nH]c2ccccc12. The molecule has 1 saturated carbocycles. The van der Waals surface area contributed by atoms with Gasteiger partial charge < -0.3 is 4.98 Å². The number of para-hydroxylation sites is 1. The highest BCUT2D eigenvalue weighted by molar-refractivity contribution is 7.90. The Kier molecular flexibility index (Phi) is 3.85. The number of nitrogens with zero attached hydrogens (tertiary/aromatic N) is 2. The van der Waals surface area contributed by atoms with Crippen LogP contribution in [0, 0.1) is 0 Å². The van der Waals surface area contributed by atoms with Crippen LogP contribution in [-0.2, 0) is 23.0 Å². The first kappa shape index (κ1) is 16.9. The minimum atomic E-state index is -3.18. The minimum Gasteiger partial charge on any atom is -0.360 e. The molecule has 2 N–H and O–H groups in total. The molecule has 7 nitrogen and oxygen atoms in total. The largest absolute Gasteiger partial charge is 0.360 e. The summed E-state index contributed by atoms with van der Waals surface area (Å²) in [5, 5.41) is 4.04. The molecule has 9 heteroatoms.